The van der Waals surface area contributed by atoms with Crippen LogP contribution in [-0.4, -0.2) is 36.3 Å². The normalized spacial score (nSPS) is 12.8. The summed E-state index contributed by atoms with van der Waals surface area (Å²) >= 11 is 1.41. The number of hydrogen-bond acceptors (Lipinski definition) is 8. The van der Waals surface area contributed by atoms with Crippen molar-refractivity contribution in [1.29, 1.82) is 0 Å². The van der Waals surface area contributed by atoms with Crippen LogP contribution in [0.5, 0.6) is 0 Å². The molecule has 0 aliphatic carbocycles. The Labute approximate surface area is 160 Å². The van der Waals surface area contributed by atoms with Crippen molar-refractivity contribution < 1.29 is 9.32 Å². The summed E-state index contributed by atoms with van der Waals surface area (Å²) in [4.78, 5) is 15.8. The summed E-state index contributed by atoms with van der Waals surface area (Å²) in [5.41, 5.74) is 1.23. The number of anilines is 1. The van der Waals surface area contributed by atoms with E-state index in [4.69, 9.17) is 4.52 Å². The first kappa shape index (κ1) is 19.0. The quantitative estimate of drug-likeness (QED) is 0.665. The highest BCUT2D eigenvalue weighted by Crippen LogP contribution is 2.34. The number of amides is 1. The fourth-order valence-electron chi connectivity index (χ4n) is 2.25. The molecule has 27 heavy (non-hydrogen) atoms. The fraction of sp³-hybridized carbons (Fsp3) is 0.412. The van der Waals surface area contributed by atoms with E-state index in [0.29, 0.717) is 22.6 Å². The zero-order valence-corrected chi connectivity index (χ0v) is 16.6. The predicted molar refractivity (Wildman–Crippen MR) is 101 cm³/mol. The molecule has 1 amide bonds. The summed E-state index contributed by atoms with van der Waals surface area (Å²) in [6.45, 7) is 9.51. The van der Waals surface area contributed by atoms with Crippen molar-refractivity contribution in [2.24, 2.45) is 0 Å². The van der Waals surface area contributed by atoms with Crippen LogP contribution in [0.15, 0.2) is 33.9 Å². The van der Waals surface area contributed by atoms with E-state index in [1.165, 1.54) is 18.7 Å². The average Bonchev–Trinajstić information content (AvgIpc) is 3.23. The second kappa shape index (κ2) is 7.47. The van der Waals surface area contributed by atoms with Crippen LogP contribution in [0.4, 0.5) is 5.69 Å². The van der Waals surface area contributed by atoms with Crippen LogP contribution in [0, 0.1) is 0 Å². The van der Waals surface area contributed by atoms with E-state index in [2.05, 4.69) is 31.0 Å². The number of carbonyl (C=O) groups excluding carboxylic acids is 1. The second-order valence-electron chi connectivity index (χ2n) is 7.07. The summed E-state index contributed by atoms with van der Waals surface area (Å²) in [5, 5.41) is 19.2. The van der Waals surface area contributed by atoms with Crippen molar-refractivity contribution in [1.82, 2.24) is 30.3 Å². The van der Waals surface area contributed by atoms with Gasteiger partial charge in [0, 0.05) is 18.0 Å². The fourth-order valence-corrected chi connectivity index (χ4v) is 3.08. The number of rotatable bonds is 5. The molecule has 1 atom stereocenters. The van der Waals surface area contributed by atoms with E-state index >= 15 is 0 Å². The Kier molecular flexibility index (Phi) is 5.26. The highest BCUT2D eigenvalue weighted by Gasteiger charge is 2.25. The summed E-state index contributed by atoms with van der Waals surface area (Å²) in [6, 6.07) is 7.29. The maximum atomic E-state index is 11.3. The number of thioether (sulfide) groups is 1. The van der Waals surface area contributed by atoms with E-state index in [0.717, 1.165) is 5.69 Å². The molecule has 3 aromatic rings. The summed E-state index contributed by atoms with van der Waals surface area (Å²) < 4.78 is 7.01. The lowest BCUT2D eigenvalue weighted by Gasteiger charge is -2.11. The van der Waals surface area contributed by atoms with Crippen LogP contribution in [0.2, 0.25) is 0 Å². The largest absolute Gasteiger partial charge is 0.338 e. The zero-order valence-electron chi connectivity index (χ0n) is 15.8. The molecule has 0 bridgehead atoms. The Bertz CT molecular complexity index is 945. The number of benzene rings is 1. The van der Waals surface area contributed by atoms with Gasteiger partial charge < -0.3 is 9.84 Å². The monoisotopic (exact) mass is 387 g/mol. The number of nitrogens with zero attached hydrogens (tertiary/aromatic N) is 6. The Morgan fingerprint density at radius 3 is 2.78 bits per heavy atom. The van der Waals surface area contributed by atoms with Crippen molar-refractivity contribution in [2.75, 3.05) is 5.32 Å². The molecule has 0 spiro atoms. The molecular weight excluding hydrogens is 366 g/mol. The van der Waals surface area contributed by atoms with Crippen LogP contribution in [0.1, 0.15) is 51.6 Å². The Morgan fingerprint density at radius 1 is 1.33 bits per heavy atom. The van der Waals surface area contributed by atoms with Gasteiger partial charge in [-0.1, -0.05) is 43.8 Å². The number of nitrogens with one attached hydrogen (secondary N) is 1. The lowest BCUT2D eigenvalue weighted by Crippen LogP contribution is -2.13. The highest BCUT2D eigenvalue weighted by molar-refractivity contribution is 7.99. The number of aromatic nitrogens is 6. The van der Waals surface area contributed by atoms with Crippen molar-refractivity contribution in [3.05, 3.63) is 36.0 Å². The lowest BCUT2D eigenvalue weighted by molar-refractivity contribution is -0.114. The minimum absolute atomic E-state index is 0.128. The molecule has 0 fully saturated rings. The maximum Gasteiger partial charge on any atom is 0.239 e. The summed E-state index contributed by atoms with van der Waals surface area (Å²) in [7, 11) is 0. The van der Waals surface area contributed by atoms with Gasteiger partial charge in [0.2, 0.25) is 17.0 Å². The smallest absolute Gasteiger partial charge is 0.239 e. The third-order valence-corrected chi connectivity index (χ3v) is 4.62. The topological polar surface area (TPSA) is 112 Å². The standard InChI is InChI=1S/C17H21N7O2S/c1-10(14-19-15(21-26-14)17(3,4)5)27-16-20-22-23-24(16)13-8-6-7-12(9-13)18-11(2)25/h6-10H,1-5H3,(H,18,25). The molecule has 2 heterocycles. The first-order chi connectivity index (χ1) is 12.7. The zero-order chi connectivity index (χ0) is 19.6. The van der Waals surface area contributed by atoms with Gasteiger partial charge in [0.25, 0.3) is 0 Å². The minimum Gasteiger partial charge on any atom is -0.338 e. The number of hydrogen-bond donors (Lipinski definition) is 1. The second-order valence-corrected chi connectivity index (χ2v) is 8.38. The molecule has 2 aromatic heterocycles. The Balaban J connectivity index is 1.81. The molecule has 0 aliphatic heterocycles. The molecule has 0 radical (unpaired) electrons. The molecule has 0 saturated carbocycles. The predicted octanol–water partition coefficient (Wildman–Crippen LogP) is 3.15. The molecule has 10 heteroatoms. The number of carbonyl (C=O) groups is 1. The van der Waals surface area contributed by atoms with Gasteiger partial charge in [-0.25, -0.2) is 0 Å². The number of tetrazole rings is 1. The van der Waals surface area contributed by atoms with Gasteiger partial charge in [0.05, 0.1) is 10.9 Å². The van der Waals surface area contributed by atoms with Crippen LogP contribution in [0.3, 0.4) is 0 Å². The van der Waals surface area contributed by atoms with Crippen molar-refractivity contribution in [3.63, 3.8) is 0 Å². The third kappa shape index (κ3) is 4.51. The molecule has 0 saturated heterocycles. The van der Waals surface area contributed by atoms with E-state index in [9.17, 15) is 4.79 Å². The van der Waals surface area contributed by atoms with Gasteiger partial charge in [-0.05, 0) is 35.5 Å². The first-order valence-corrected chi connectivity index (χ1v) is 9.29. The SMILES string of the molecule is CC(=O)Nc1cccc(-n2nnnc2SC(C)c2nc(C(C)(C)C)no2)c1. The first-order valence-electron chi connectivity index (χ1n) is 8.41. The molecule has 1 N–H and O–H groups in total. The molecule has 1 unspecified atom stereocenters. The van der Waals surface area contributed by atoms with Gasteiger partial charge in [-0.3, -0.25) is 4.79 Å². The van der Waals surface area contributed by atoms with Crippen molar-refractivity contribution in [3.8, 4) is 5.69 Å². The van der Waals surface area contributed by atoms with Crippen LogP contribution in [0.25, 0.3) is 5.69 Å². The van der Waals surface area contributed by atoms with Crippen LogP contribution in [-0.2, 0) is 10.2 Å². The molecule has 142 valence electrons. The van der Waals surface area contributed by atoms with Crippen molar-refractivity contribution >= 4 is 23.4 Å². The van der Waals surface area contributed by atoms with E-state index in [1.54, 1.807) is 16.8 Å². The van der Waals surface area contributed by atoms with E-state index < -0.39 is 0 Å². The summed E-state index contributed by atoms with van der Waals surface area (Å²) in [6.07, 6.45) is 0. The third-order valence-electron chi connectivity index (χ3n) is 3.59. The Hall–Kier alpha value is -2.75. The van der Waals surface area contributed by atoms with E-state index in [1.807, 2.05) is 39.8 Å². The van der Waals surface area contributed by atoms with Gasteiger partial charge in [0.1, 0.15) is 0 Å². The van der Waals surface area contributed by atoms with Gasteiger partial charge in [0.15, 0.2) is 5.82 Å². The lowest BCUT2D eigenvalue weighted by atomic mass is 9.96. The highest BCUT2D eigenvalue weighted by atomic mass is 32.2. The molecule has 3 rings (SSSR count). The van der Waals surface area contributed by atoms with E-state index in [-0.39, 0.29) is 16.6 Å². The molecule has 9 nitrogen and oxygen atoms in total. The van der Waals surface area contributed by atoms with Gasteiger partial charge >= 0.3 is 0 Å². The van der Waals surface area contributed by atoms with Gasteiger partial charge in [-0.2, -0.15) is 9.67 Å². The summed E-state index contributed by atoms with van der Waals surface area (Å²) in [5.74, 6) is 1.04. The molecule has 1 aromatic carbocycles. The minimum atomic E-state index is -0.183. The van der Waals surface area contributed by atoms with Gasteiger partial charge in [-0.15, -0.1) is 5.10 Å². The molecular formula is C17H21N7O2S. The average molecular weight is 387 g/mol. The van der Waals surface area contributed by atoms with Crippen LogP contribution < -0.4 is 5.32 Å². The van der Waals surface area contributed by atoms with Crippen LogP contribution >= 0.6 is 11.8 Å². The van der Waals surface area contributed by atoms with Crippen molar-refractivity contribution in [2.45, 2.75) is 50.4 Å². The Morgan fingerprint density at radius 2 is 2.11 bits per heavy atom. The maximum absolute atomic E-state index is 11.3. The molecule has 0 aliphatic rings.